The molecule has 0 unspecified atom stereocenters. The summed E-state index contributed by atoms with van der Waals surface area (Å²) in [5.41, 5.74) is 1.12. The van der Waals surface area contributed by atoms with Crippen LogP contribution in [0.4, 0.5) is 4.79 Å². The van der Waals surface area contributed by atoms with E-state index in [-0.39, 0.29) is 12.1 Å². The number of alkyl carbamates (subject to hydrolysis) is 1. The van der Waals surface area contributed by atoms with E-state index in [4.69, 9.17) is 4.74 Å². The van der Waals surface area contributed by atoms with E-state index in [2.05, 4.69) is 21.2 Å². The lowest BCUT2D eigenvalue weighted by atomic mass is 9.98. The smallest absolute Gasteiger partial charge is 0.407 e. The van der Waals surface area contributed by atoms with Crippen LogP contribution in [-0.4, -0.2) is 29.4 Å². The largest absolute Gasteiger partial charge is 0.444 e. The standard InChI is InChI=1S/C13H16BrNO3/c1-8(16)5-12-11(15-13(17)18-12)7-9-3-2-4-10(14)6-9/h2-4,6,8,11-12,16H,5,7H2,1H3,(H,15,17)/t8-,11+,12-/m1/s1. The summed E-state index contributed by atoms with van der Waals surface area (Å²) in [5, 5.41) is 12.2. The molecular formula is C13H16BrNO3. The van der Waals surface area contributed by atoms with E-state index in [1.54, 1.807) is 6.92 Å². The molecule has 18 heavy (non-hydrogen) atoms. The van der Waals surface area contributed by atoms with Gasteiger partial charge in [0, 0.05) is 10.9 Å². The van der Waals surface area contributed by atoms with Gasteiger partial charge in [0.1, 0.15) is 6.10 Å². The van der Waals surface area contributed by atoms with Crippen molar-refractivity contribution in [2.45, 2.75) is 38.0 Å². The fraction of sp³-hybridized carbons (Fsp3) is 0.462. The average molecular weight is 314 g/mol. The zero-order chi connectivity index (χ0) is 13.1. The number of ether oxygens (including phenoxy) is 1. The minimum Gasteiger partial charge on any atom is -0.444 e. The summed E-state index contributed by atoms with van der Waals surface area (Å²) in [4.78, 5) is 11.3. The number of hydrogen-bond donors (Lipinski definition) is 2. The number of halogens is 1. The summed E-state index contributed by atoms with van der Waals surface area (Å²) in [6.45, 7) is 1.70. The summed E-state index contributed by atoms with van der Waals surface area (Å²) in [6, 6.07) is 7.86. The zero-order valence-electron chi connectivity index (χ0n) is 10.1. The van der Waals surface area contributed by atoms with Crippen molar-refractivity contribution >= 4 is 22.0 Å². The number of amides is 1. The molecule has 1 heterocycles. The Balaban J connectivity index is 2.04. The maximum absolute atomic E-state index is 11.3. The first-order valence-electron chi connectivity index (χ1n) is 5.94. The van der Waals surface area contributed by atoms with Crippen LogP contribution in [0.3, 0.4) is 0 Å². The molecule has 3 atom stereocenters. The molecule has 2 rings (SSSR count). The van der Waals surface area contributed by atoms with E-state index in [1.165, 1.54) is 0 Å². The summed E-state index contributed by atoms with van der Waals surface area (Å²) < 4.78 is 6.18. The summed E-state index contributed by atoms with van der Waals surface area (Å²) in [6.07, 6.45) is 0.00446. The monoisotopic (exact) mass is 313 g/mol. The Morgan fingerprint density at radius 2 is 2.33 bits per heavy atom. The molecule has 0 aliphatic carbocycles. The molecule has 0 aromatic heterocycles. The number of nitrogens with one attached hydrogen (secondary N) is 1. The van der Waals surface area contributed by atoms with Crippen molar-refractivity contribution in [1.29, 1.82) is 0 Å². The molecule has 5 heteroatoms. The predicted molar refractivity (Wildman–Crippen MR) is 71.3 cm³/mol. The molecule has 1 aliphatic rings. The Labute approximate surface area is 114 Å². The first-order valence-corrected chi connectivity index (χ1v) is 6.73. The molecule has 0 saturated carbocycles. The van der Waals surface area contributed by atoms with Crippen molar-refractivity contribution in [1.82, 2.24) is 5.32 Å². The van der Waals surface area contributed by atoms with E-state index < -0.39 is 12.2 Å². The van der Waals surface area contributed by atoms with E-state index >= 15 is 0 Å². The molecule has 4 nitrogen and oxygen atoms in total. The molecule has 1 aromatic rings. The number of cyclic esters (lactones) is 1. The minimum absolute atomic E-state index is 0.0820. The summed E-state index contributed by atoms with van der Waals surface area (Å²) in [7, 11) is 0. The van der Waals surface area contributed by atoms with Gasteiger partial charge in [-0.2, -0.15) is 0 Å². The van der Waals surface area contributed by atoms with Crippen LogP contribution >= 0.6 is 15.9 Å². The van der Waals surface area contributed by atoms with Crippen LogP contribution in [0.1, 0.15) is 18.9 Å². The first-order chi connectivity index (χ1) is 8.54. The van der Waals surface area contributed by atoms with Gasteiger partial charge in [-0.1, -0.05) is 28.1 Å². The van der Waals surface area contributed by atoms with Crippen molar-refractivity contribution in [2.75, 3.05) is 0 Å². The number of benzene rings is 1. The molecule has 1 aromatic carbocycles. The predicted octanol–water partition coefficient (Wildman–Crippen LogP) is 2.24. The highest BCUT2D eigenvalue weighted by Gasteiger charge is 2.34. The molecule has 1 saturated heterocycles. The van der Waals surface area contributed by atoms with Crippen LogP contribution in [0.25, 0.3) is 0 Å². The molecule has 0 bridgehead atoms. The molecule has 1 fully saturated rings. The van der Waals surface area contributed by atoms with Crippen LogP contribution in [0.2, 0.25) is 0 Å². The number of aliphatic hydroxyl groups is 1. The Bertz CT molecular complexity index is 436. The van der Waals surface area contributed by atoms with Gasteiger partial charge in [0.2, 0.25) is 0 Å². The maximum atomic E-state index is 11.3. The van der Waals surface area contributed by atoms with Gasteiger partial charge in [-0.05, 0) is 31.0 Å². The van der Waals surface area contributed by atoms with E-state index in [9.17, 15) is 9.90 Å². The van der Waals surface area contributed by atoms with Crippen molar-refractivity contribution in [3.63, 3.8) is 0 Å². The third kappa shape index (κ3) is 3.46. The van der Waals surface area contributed by atoms with Crippen molar-refractivity contribution < 1.29 is 14.6 Å². The van der Waals surface area contributed by atoms with E-state index in [0.717, 1.165) is 10.0 Å². The molecule has 1 amide bonds. The number of rotatable bonds is 4. The first kappa shape index (κ1) is 13.4. The summed E-state index contributed by atoms with van der Waals surface area (Å²) in [5.74, 6) is 0. The quantitative estimate of drug-likeness (QED) is 0.896. The van der Waals surface area contributed by atoms with Gasteiger partial charge >= 0.3 is 6.09 Å². The minimum atomic E-state index is -0.479. The highest BCUT2D eigenvalue weighted by atomic mass is 79.9. The van der Waals surface area contributed by atoms with Crippen LogP contribution < -0.4 is 5.32 Å². The van der Waals surface area contributed by atoms with Gasteiger partial charge < -0.3 is 15.2 Å². The van der Waals surface area contributed by atoms with Crippen LogP contribution in [-0.2, 0) is 11.2 Å². The topological polar surface area (TPSA) is 58.6 Å². The Morgan fingerprint density at radius 3 is 3.00 bits per heavy atom. The normalized spacial score (nSPS) is 24.5. The van der Waals surface area contributed by atoms with Crippen molar-refractivity contribution in [2.24, 2.45) is 0 Å². The van der Waals surface area contributed by atoms with Gasteiger partial charge in [-0.25, -0.2) is 4.79 Å². The lowest BCUT2D eigenvalue weighted by Gasteiger charge is -2.18. The van der Waals surface area contributed by atoms with Gasteiger partial charge in [0.25, 0.3) is 0 Å². The van der Waals surface area contributed by atoms with Crippen LogP contribution in [0.5, 0.6) is 0 Å². The third-order valence-electron chi connectivity index (χ3n) is 2.93. The van der Waals surface area contributed by atoms with Crippen LogP contribution in [0.15, 0.2) is 28.7 Å². The van der Waals surface area contributed by atoms with Crippen molar-refractivity contribution in [3.05, 3.63) is 34.3 Å². The lowest BCUT2D eigenvalue weighted by molar-refractivity contribution is 0.0815. The second-order valence-corrected chi connectivity index (χ2v) is 5.53. The Hall–Kier alpha value is -1.07. The van der Waals surface area contributed by atoms with Crippen LogP contribution in [0, 0.1) is 0 Å². The summed E-state index contributed by atoms with van der Waals surface area (Å²) >= 11 is 3.42. The number of carbonyl (C=O) groups is 1. The van der Waals surface area contributed by atoms with E-state index in [1.807, 2.05) is 24.3 Å². The highest BCUT2D eigenvalue weighted by Crippen LogP contribution is 2.20. The molecular weight excluding hydrogens is 298 g/mol. The van der Waals surface area contributed by atoms with Gasteiger partial charge in [-0.15, -0.1) is 0 Å². The molecule has 2 N–H and O–H groups in total. The average Bonchev–Trinajstić information content (AvgIpc) is 2.58. The molecule has 0 spiro atoms. The van der Waals surface area contributed by atoms with Gasteiger partial charge in [-0.3, -0.25) is 0 Å². The maximum Gasteiger partial charge on any atom is 0.407 e. The second-order valence-electron chi connectivity index (χ2n) is 4.61. The Kier molecular flexibility index (Phi) is 4.24. The third-order valence-corrected chi connectivity index (χ3v) is 3.42. The SMILES string of the molecule is C[C@@H](O)C[C@H]1OC(=O)N[C@H]1Cc1cccc(Br)c1. The fourth-order valence-corrected chi connectivity index (χ4v) is 2.59. The van der Waals surface area contributed by atoms with E-state index in [0.29, 0.717) is 12.8 Å². The number of carbonyl (C=O) groups excluding carboxylic acids is 1. The number of aliphatic hydroxyl groups excluding tert-OH is 1. The van der Waals surface area contributed by atoms with Crippen molar-refractivity contribution in [3.8, 4) is 0 Å². The molecule has 98 valence electrons. The number of hydrogen-bond acceptors (Lipinski definition) is 3. The molecule has 0 radical (unpaired) electrons. The lowest BCUT2D eigenvalue weighted by Crippen LogP contribution is -2.35. The van der Waals surface area contributed by atoms with Gasteiger partial charge in [0.05, 0.1) is 12.1 Å². The Morgan fingerprint density at radius 1 is 1.56 bits per heavy atom. The van der Waals surface area contributed by atoms with Gasteiger partial charge in [0.15, 0.2) is 0 Å². The highest BCUT2D eigenvalue weighted by molar-refractivity contribution is 9.10. The zero-order valence-corrected chi connectivity index (χ0v) is 11.7. The fourth-order valence-electron chi connectivity index (χ4n) is 2.15. The second kappa shape index (κ2) is 5.71. The molecule has 1 aliphatic heterocycles.